The van der Waals surface area contributed by atoms with E-state index >= 15 is 0 Å². The lowest BCUT2D eigenvalue weighted by atomic mass is 10.0. The minimum Gasteiger partial charge on any atom is -0.480 e. The van der Waals surface area contributed by atoms with Crippen LogP contribution in [0.5, 0.6) is 0 Å². The summed E-state index contributed by atoms with van der Waals surface area (Å²) in [5, 5.41) is 12.2. The predicted molar refractivity (Wildman–Crippen MR) is 126 cm³/mol. The first-order valence-corrected chi connectivity index (χ1v) is 11.0. The van der Waals surface area contributed by atoms with E-state index in [1.165, 1.54) is 6.26 Å². The number of carbonyl (C=O) groups is 2. The SMILES string of the molecule is O=C(Nc1cocc1-c1ccc(-c2ccc(C3(C(=O)O)CC3)o2)cc1)OCCc1ccccc1. The number of carboxylic acids is 1. The second-order valence-electron chi connectivity index (χ2n) is 8.32. The van der Waals surface area contributed by atoms with Gasteiger partial charge < -0.3 is 18.7 Å². The zero-order valence-electron chi connectivity index (χ0n) is 18.3. The molecule has 7 heteroatoms. The molecule has 4 aromatic rings. The Kier molecular flexibility index (Phi) is 5.67. The third-order valence-corrected chi connectivity index (χ3v) is 6.08. The van der Waals surface area contributed by atoms with E-state index in [1.807, 2.05) is 54.6 Å². The van der Waals surface area contributed by atoms with Crippen LogP contribution in [0.25, 0.3) is 22.5 Å². The summed E-state index contributed by atoms with van der Waals surface area (Å²) in [4.78, 5) is 23.8. The first-order chi connectivity index (χ1) is 16.5. The Labute approximate surface area is 196 Å². The van der Waals surface area contributed by atoms with Crippen LogP contribution in [0.2, 0.25) is 0 Å². The number of rotatable bonds is 8. The zero-order chi connectivity index (χ0) is 23.5. The molecular formula is C27H23NO6. The molecule has 2 heterocycles. The summed E-state index contributed by atoms with van der Waals surface area (Å²) >= 11 is 0. The van der Waals surface area contributed by atoms with Crippen molar-refractivity contribution in [2.24, 2.45) is 0 Å². The number of hydrogen-bond donors (Lipinski definition) is 2. The van der Waals surface area contributed by atoms with E-state index in [0.717, 1.165) is 22.3 Å². The fraction of sp³-hybridized carbons (Fsp3) is 0.185. The van der Waals surface area contributed by atoms with Crippen molar-refractivity contribution in [3.05, 3.63) is 90.6 Å². The van der Waals surface area contributed by atoms with Crippen molar-refractivity contribution >= 4 is 17.7 Å². The summed E-state index contributed by atoms with van der Waals surface area (Å²) in [6, 6.07) is 20.9. The van der Waals surface area contributed by atoms with Crippen LogP contribution >= 0.6 is 0 Å². The number of carbonyl (C=O) groups excluding carboxylic acids is 1. The van der Waals surface area contributed by atoms with Gasteiger partial charge in [-0.2, -0.15) is 0 Å². The lowest BCUT2D eigenvalue weighted by molar-refractivity contribution is -0.140. The molecule has 34 heavy (non-hydrogen) atoms. The highest BCUT2D eigenvalue weighted by Crippen LogP contribution is 2.49. The Hall–Kier alpha value is -4.26. The van der Waals surface area contributed by atoms with Gasteiger partial charge in [-0.25, -0.2) is 4.79 Å². The maximum absolute atomic E-state index is 12.2. The molecule has 2 aromatic heterocycles. The number of carboxylic acid groups (broad SMARTS) is 1. The lowest BCUT2D eigenvalue weighted by Gasteiger charge is -2.08. The van der Waals surface area contributed by atoms with Crippen LogP contribution in [0.1, 0.15) is 24.2 Å². The number of benzene rings is 2. The molecule has 172 valence electrons. The number of ether oxygens (including phenoxy) is 1. The van der Waals surface area contributed by atoms with Crippen molar-refractivity contribution < 1.29 is 28.3 Å². The monoisotopic (exact) mass is 457 g/mol. The molecular weight excluding hydrogens is 434 g/mol. The third kappa shape index (κ3) is 4.32. The van der Waals surface area contributed by atoms with E-state index in [9.17, 15) is 14.7 Å². The van der Waals surface area contributed by atoms with Gasteiger partial charge >= 0.3 is 12.1 Å². The van der Waals surface area contributed by atoms with Gasteiger partial charge in [0.05, 0.1) is 12.3 Å². The van der Waals surface area contributed by atoms with E-state index in [2.05, 4.69) is 5.32 Å². The van der Waals surface area contributed by atoms with Gasteiger partial charge in [-0.1, -0.05) is 54.6 Å². The average molecular weight is 457 g/mol. The first-order valence-electron chi connectivity index (χ1n) is 11.0. The standard InChI is InChI=1S/C27H23NO6/c29-25(30)27(13-14-27)24-11-10-23(34-24)20-8-6-19(7-9-20)21-16-32-17-22(21)28-26(31)33-15-12-18-4-2-1-3-5-18/h1-11,16-17H,12-15H2,(H,28,31)(H,29,30). The Balaban J connectivity index is 1.23. The summed E-state index contributed by atoms with van der Waals surface area (Å²) in [5.41, 5.74) is 3.12. The van der Waals surface area contributed by atoms with Crippen LogP contribution < -0.4 is 5.32 Å². The van der Waals surface area contributed by atoms with Crippen molar-refractivity contribution in [1.29, 1.82) is 0 Å². The number of furan rings is 2. The van der Waals surface area contributed by atoms with E-state index in [1.54, 1.807) is 18.4 Å². The molecule has 1 amide bonds. The van der Waals surface area contributed by atoms with Gasteiger partial charge in [-0.15, -0.1) is 0 Å². The highest BCUT2D eigenvalue weighted by molar-refractivity contribution is 5.91. The molecule has 7 nitrogen and oxygen atoms in total. The normalized spacial score (nSPS) is 13.9. The second kappa shape index (κ2) is 8.94. The van der Waals surface area contributed by atoms with Gasteiger partial charge in [0.15, 0.2) is 0 Å². The Morgan fingerprint density at radius 2 is 1.68 bits per heavy atom. The largest absolute Gasteiger partial charge is 0.480 e. The molecule has 1 aliphatic rings. The van der Waals surface area contributed by atoms with E-state index < -0.39 is 17.5 Å². The highest BCUT2D eigenvalue weighted by atomic mass is 16.5. The quantitative estimate of drug-likeness (QED) is 0.331. The number of hydrogen-bond acceptors (Lipinski definition) is 5. The average Bonchev–Trinajstić information content (AvgIpc) is 3.29. The number of amides is 1. The maximum atomic E-state index is 12.2. The van der Waals surface area contributed by atoms with Crippen LogP contribution in [0.4, 0.5) is 10.5 Å². The third-order valence-electron chi connectivity index (χ3n) is 6.08. The fourth-order valence-corrected chi connectivity index (χ4v) is 3.92. The van der Waals surface area contributed by atoms with E-state index in [-0.39, 0.29) is 6.61 Å². The molecule has 0 radical (unpaired) electrons. The molecule has 0 unspecified atom stereocenters. The molecule has 0 bridgehead atoms. The van der Waals surface area contributed by atoms with Crippen LogP contribution in [0, 0.1) is 0 Å². The van der Waals surface area contributed by atoms with E-state index in [0.29, 0.717) is 36.5 Å². The molecule has 1 aliphatic carbocycles. The molecule has 2 aromatic carbocycles. The smallest absolute Gasteiger partial charge is 0.411 e. The minimum absolute atomic E-state index is 0.270. The Bertz CT molecular complexity index is 1300. The zero-order valence-corrected chi connectivity index (χ0v) is 18.3. The minimum atomic E-state index is -0.870. The number of nitrogens with one attached hydrogen (secondary N) is 1. The molecule has 5 rings (SSSR count). The van der Waals surface area contributed by atoms with Crippen molar-refractivity contribution in [3.63, 3.8) is 0 Å². The molecule has 0 spiro atoms. The highest BCUT2D eigenvalue weighted by Gasteiger charge is 2.54. The summed E-state index contributed by atoms with van der Waals surface area (Å²) in [6.45, 7) is 0.270. The molecule has 2 N–H and O–H groups in total. The predicted octanol–water partition coefficient (Wildman–Crippen LogP) is 6.11. The van der Waals surface area contributed by atoms with Crippen LogP contribution in [-0.4, -0.2) is 23.8 Å². The van der Waals surface area contributed by atoms with Gasteiger partial charge in [0.1, 0.15) is 29.5 Å². The van der Waals surface area contributed by atoms with Crippen LogP contribution in [0.15, 0.2) is 88.1 Å². The number of aliphatic carboxylic acids is 1. The fourth-order valence-electron chi connectivity index (χ4n) is 3.92. The summed E-state index contributed by atoms with van der Waals surface area (Å²) in [5.74, 6) is 0.259. The topological polar surface area (TPSA) is 102 Å². The molecule has 0 atom stereocenters. The van der Waals surface area contributed by atoms with Crippen molar-refractivity contribution in [2.75, 3.05) is 11.9 Å². The molecule has 1 saturated carbocycles. The summed E-state index contributed by atoms with van der Waals surface area (Å²) in [6.07, 6.45) is 4.30. The lowest BCUT2D eigenvalue weighted by Crippen LogP contribution is -2.18. The maximum Gasteiger partial charge on any atom is 0.411 e. The van der Waals surface area contributed by atoms with Crippen LogP contribution in [-0.2, 0) is 21.4 Å². The van der Waals surface area contributed by atoms with Crippen molar-refractivity contribution in [2.45, 2.75) is 24.7 Å². The van der Waals surface area contributed by atoms with Crippen molar-refractivity contribution in [1.82, 2.24) is 0 Å². The van der Waals surface area contributed by atoms with Gasteiger partial charge in [-0.05, 0) is 36.1 Å². The van der Waals surface area contributed by atoms with Gasteiger partial charge in [0.2, 0.25) is 0 Å². The second-order valence-corrected chi connectivity index (χ2v) is 8.32. The van der Waals surface area contributed by atoms with Crippen molar-refractivity contribution in [3.8, 4) is 22.5 Å². The molecule has 1 fully saturated rings. The Morgan fingerprint density at radius 3 is 2.38 bits per heavy atom. The van der Waals surface area contributed by atoms with E-state index in [4.69, 9.17) is 13.6 Å². The van der Waals surface area contributed by atoms with Gasteiger partial charge in [0, 0.05) is 17.5 Å². The first kappa shape index (κ1) is 21.6. The molecule has 0 aliphatic heterocycles. The Morgan fingerprint density at radius 1 is 0.941 bits per heavy atom. The van der Waals surface area contributed by atoms with Crippen LogP contribution in [0.3, 0.4) is 0 Å². The number of anilines is 1. The summed E-state index contributed by atoms with van der Waals surface area (Å²) < 4.78 is 16.5. The van der Waals surface area contributed by atoms with Gasteiger partial charge in [-0.3, -0.25) is 10.1 Å². The van der Waals surface area contributed by atoms with Gasteiger partial charge in [0.25, 0.3) is 0 Å². The summed E-state index contributed by atoms with van der Waals surface area (Å²) in [7, 11) is 0. The molecule has 0 saturated heterocycles.